The number of thioether (sulfide) groups is 1. The molecule has 2 aromatic rings. The fraction of sp³-hybridized carbons (Fsp3) is 0.471. The number of carbonyl (C=O) groups excluding carboxylic acids is 1. The van der Waals surface area contributed by atoms with Gasteiger partial charge in [0.1, 0.15) is 11.4 Å². The molecule has 1 amide bonds. The Morgan fingerprint density at radius 2 is 2.19 bits per heavy atom. The smallest absolute Gasteiger partial charge is 0.234 e. The van der Waals surface area contributed by atoms with Crippen molar-refractivity contribution in [1.29, 1.82) is 5.26 Å². The van der Waals surface area contributed by atoms with E-state index in [1.165, 1.54) is 28.6 Å². The molecule has 1 aromatic carbocycles. The van der Waals surface area contributed by atoms with Crippen molar-refractivity contribution >= 4 is 17.7 Å². The Kier molecular flexibility index (Phi) is 5.52. The minimum absolute atomic E-state index is 0.107. The van der Waals surface area contributed by atoms with Gasteiger partial charge >= 0.3 is 0 Å². The first kappa shape index (κ1) is 18.3. The monoisotopic (exact) mass is 374 g/mol. The van der Waals surface area contributed by atoms with Crippen molar-refractivity contribution in [3.63, 3.8) is 0 Å². The zero-order valence-electron chi connectivity index (χ0n) is 14.4. The predicted molar refractivity (Wildman–Crippen MR) is 94.0 cm³/mol. The fourth-order valence-corrected chi connectivity index (χ4v) is 3.96. The molecule has 1 aromatic heterocycles. The normalized spacial score (nSPS) is 16.0. The molecule has 0 aliphatic heterocycles. The molecule has 0 saturated heterocycles. The second-order valence-electron chi connectivity index (χ2n) is 6.30. The van der Waals surface area contributed by atoms with E-state index in [4.69, 9.17) is 0 Å². The lowest BCUT2D eigenvalue weighted by molar-refractivity contribution is -0.131. The SMILES string of the molecule is CN(C(=O)CSc1nnnn1-c1cccc(F)c1)C1(C#N)CCCCC1. The fourth-order valence-electron chi connectivity index (χ4n) is 3.16. The summed E-state index contributed by atoms with van der Waals surface area (Å²) in [4.78, 5) is 14.2. The molecule has 3 rings (SSSR count). The van der Waals surface area contributed by atoms with Gasteiger partial charge in [-0.15, -0.1) is 5.10 Å². The maximum absolute atomic E-state index is 13.4. The van der Waals surface area contributed by atoms with E-state index in [0.29, 0.717) is 23.7 Å². The number of hydrogen-bond acceptors (Lipinski definition) is 6. The highest BCUT2D eigenvalue weighted by molar-refractivity contribution is 7.99. The molecular formula is C17H19FN6OS. The van der Waals surface area contributed by atoms with Gasteiger partial charge in [-0.2, -0.15) is 9.94 Å². The van der Waals surface area contributed by atoms with Crippen LogP contribution in [0, 0.1) is 17.1 Å². The number of aromatic nitrogens is 4. The number of halogens is 1. The lowest BCUT2D eigenvalue weighted by Gasteiger charge is -2.39. The number of amides is 1. The Balaban J connectivity index is 1.69. The lowest BCUT2D eigenvalue weighted by atomic mass is 9.81. The highest BCUT2D eigenvalue weighted by Gasteiger charge is 2.38. The number of nitriles is 1. The molecule has 26 heavy (non-hydrogen) atoms. The molecule has 0 radical (unpaired) electrons. The minimum atomic E-state index is -0.718. The zero-order valence-corrected chi connectivity index (χ0v) is 15.2. The third kappa shape index (κ3) is 3.70. The van der Waals surface area contributed by atoms with E-state index < -0.39 is 11.4 Å². The van der Waals surface area contributed by atoms with Crippen LogP contribution in [0.15, 0.2) is 29.4 Å². The Morgan fingerprint density at radius 1 is 1.42 bits per heavy atom. The van der Waals surface area contributed by atoms with Gasteiger partial charge < -0.3 is 4.90 Å². The first-order chi connectivity index (χ1) is 12.6. The molecule has 1 fully saturated rings. The number of tetrazole rings is 1. The van der Waals surface area contributed by atoms with E-state index in [1.807, 2.05) is 0 Å². The van der Waals surface area contributed by atoms with Crippen LogP contribution in [0.25, 0.3) is 5.69 Å². The van der Waals surface area contributed by atoms with Gasteiger partial charge in [-0.1, -0.05) is 37.1 Å². The number of carbonyl (C=O) groups is 1. The summed E-state index contributed by atoms with van der Waals surface area (Å²) in [6, 6.07) is 8.26. The van der Waals surface area contributed by atoms with Crippen molar-refractivity contribution < 1.29 is 9.18 Å². The van der Waals surface area contributed by atoms with E-state index in [0.717, 1.165) is 19.3 Å². The van der Waals surface area contributed by atoms with Gasteiger partial charge in [0.25, 0.3) is 0 Å². The average molecular weight is 374 g/mol. The number of benzene rings is 1. The quantitative estimate of drug-likeness (QED) is 0.748. The molecule has 0 unspecified atom stereocenters. The summed E-state index contributed by atoms with van der Waals surface area (Å²) in [5, 5.41) is 21.4. The van der Waals surface area contributed by atoms with Crippen LogP contribution in [0.2, 0.25) is 0 Å². The van der Waals surface area contributed by atoms with E-state index in [1.54, 1.807) is 24.1 Å². The first-order valence-electron chi connectivity index (χ1n) is 8.41. The van der Waals surface area contributed by atoms with Crippen molar-refractivity contribution in [2.24, 2.45) is 0 Å². The minimum Gasteiger partial charge on any atom is -0.326 e. The molecule has 136 valence electrons. The summed E-state index contributed by atoms with van der Waals surface area (Å²) in [6.45, 7) is 0. The van der Waals surface area contributed by atoms with Gasteiger partial charge in [0.05, 0.1) is 17.5 Å². The molecule has 1 heterocycles. The number of rotatable bonds is 5. The Labute approximate surface area is 155 Å². The van der Waals surface area contributed by atoms with Crippen molar-refractivity contribution in [3.8, 4) is 11.8 Å². The molecule has 0 spiro atoms. The average Bonchev–Trinajstić information content (AvgIpc) is 3.14. The van der Waals surface area contributed by atoms with Gasteiger partial charge in [0.15, 0.2) is 0 Å². The van der Waals surface area contributed by atoms with Gasteiger partial charge in [0, 0.05) is 7.05 Å². The summed E-state index contributed by atoms with van der Waals surface area (Å²) in [6.07, 6.45) is 4.42. The summed E-state index contributed by atoms with van der Waals surface area (Å²) < 4.78 is 14.8. The maximum Gasteiger partial charge on any atom is 0.234 e. The second kappa shape index (κ2) is 7.83. The molecule has 1 aliphatic carbocycles. The van der Waals surface area contributed by atoms with E-state index >= 15 is 0 Å². The Morgan fingerprint density at radius 3 is 2.88 bits per heavy atom. The third-order valence-electron chi connectivity index (χ3n) is 4.72. The van der Waals surface area contributed by atoms with E-state index in [9.17, 15) is 14.4 Å². The topological polar surface area (TPSA) is 87.7 Å². The molecule has 0 bridgehead atoms. The van der Waals surface area contributed by atoms with Crippen molar-refractivity contribution in [2.45, 2.75) is 42.8 Å². The lowest BCUT2D eigenvalue weighted by Crippen LogP contribution is -2.50. The van der Waals surface area contributed by atoms with Crippen molar-refractivity contribution in [1.82, 2.24) is 25.1 Å². The Hall–Kier alpha value is -2.47. The standard InChI is InChI=1S/C17H19FN6OS/c1-23(17(12-19)8-3-2-4-9-17)15(25)11-26-16-20-21-22-24(16)14-7-5-6-13(18)10-14/h5-7,10H,2-4,8-9,11H2,1H3. The molecule has 0 N–H and O–H groups in total. The van der Waals surface area contributed by atoms with E-state index in [2.05, 4.69) is 21.6 Å². The summed E-state index contributed by atoms with van der Waals surface area (Å²) in [5.41, 5.74) is -0.233. The zero-order chi connectivity index (χ0) is 18.6. The van der Waals surface area contributed by atoms with Gasteiger partial charge in [-0.25, -0.2) is 4.39 Å². The number of hydrogen-bond donors (Lipinski definition) is 0. The van der Waals surface area contributed by atoms with Crippen LogP contribution in [0.3, 0.4) is 0 Å². The van der Waals surface area contributed by atoms with Gasteiger partial charge in [0.2, 0.25) is 11.1 Å². The third-order valence-corrected chi connectivity index (χ3v) is 5.63. The summed E-state index contributed by atoms with van der Waals surface area (Å²) >= 11 is 1.17. The molecule has 0 atom stereocenters. The van der Waals surface area contributed by atoms with Crippen LogP contribution in [0.5, 0.6) is 0 Å². The highest BCUT2D eigenvalue weighted by Crippen LogP contribution is 2.33. The van der Waals surface area contributed by atoms with Crippen LogP contribution in [0.4, 0.5) is 4.39 Å². The predicted octanol–water partition coefficient (Wildman–Crippen LogP) is 2.58. The van der Waals surface area contributed by atoms with Gasteiger partial charge in [-0.05, 0) is 41.5 Å². The van der Waals surface area contributed by atoms with Gasteiger partial charge in [-0.3, -0.25) is 4.79 Å². The van der Waals surface area contributed by atoms with Crippen LogP contribution in [-0.2, 0) is 4.79 Å². The Bertz CT molecular complexity index is 827. The number of nitrogens with zero attached hydrogens (tertiary/aromatic N) is 6. The van der Waals surface area contributed by atoms with Crippen LogP contribution < -0.4 is 0 Å². The highest BCUT2D eigenvalue weighted by atomic mass is 32.2. The second-order valence-corrected chi connectivity index (χ2v) is 7.24. The molecule has 1 aliphatic rings. The molecule has 1 saturated carbocycles. The first-order valence-corrected chi connectivity index (χ1v) is 9.39. The molecular weight excluding hydrogens is 355 g/mol. The van der Waals surface area contributed by atoms with Crippen LogP contribution in [-0.4, -0.2) is 49.4 Å². The molecule has 9 heteroatoms. The molecule has 7 nitrogen and oxygen atoms in total. The summed E-state index contributed by atoms with van der Waals surface area (Å²) in [7, 11) is 1.69. The van der Waals surface area contributed by atoms with Crippen molar-refractivity contribution in [2.75, 3.05) is 12.8 Å². The van der Waals surface area contributed by atoms with Crippen LogP contribution in [0.1, 0.15) is 32.1 Å². The largest absolute Gasteiger partial charge is 0.326 e. The van der Waals surface area contributed by atoms with E-state index in [-0.39, 0.29) is 11.7 Å². The maximum atomic E-state index is 13.4. The summed E-state index contributed by atoms with van der Waals surface area (Å²) in [5.74, 6) is -0.430. The van der Waals surface area contributed by atoms with Crippen LogP contribution >= 0.6 is 11.8 Å². The van der Waals surface area contributed by atoms with Crippen molar-refractivity contribution in [3.05, 3.63) is 30.1 Å².